The Bertz CT molecular complexity index is 547. The van der Waals surface area contributed by atoms with Crippen LogP contribution in [0.2, 0.25) is 0 Å². The van der Waals surface area contributed by atoms with Gasteiger partial charge < -0.3 is 10.1 Å². The highest BCUT2D eigenvalue weighted by Crippen LogP contribution is 2.38. The van der Waals surface area contributed by atoms with E-state index in [-0.39, 0.29) is 6.10 Å². The molecule has 0 amide bonds. The number of benzene rings is 1. The standard InChI is InChI=1S/C14H15NOS/c1-9-4-3-5-11-14(9)16-12(8-15-11)13-7-6-10(2)17-13/h3-7,12,15H,8H2,1-2H3. The number of ether oxygens (including phenoxy) is 1. The number of aryl methyl sites for hydroxylation is 2. The van der Waals surface area contributed by atoms with Crippen molar-refractivity contribution in [3.05, 3.63) is 45.6 Å². The maximum atomic E-state index is 6.11. The molecule has 1 aromatic carbocycles. The highest BCUT2D eigenvalue weighted by atomic mass is 32.1. The summed E-state index contributed by atoms with van der Waals surface area (Å²) >= 11 is 1.81. The van der Waals surface area contributed by atoms with Crippen LogP contribution in [0.25, 0.3) is 0 Å². The van der Waals surface area contributed by atoms with Crippen LogP contribution in [0.3, 0.4) is 0 Å². The first kappa shape index (κ1) is 10.7. The number of nitrogens with one attached hydrogen (secondary N) is 1. The predicted molar refractivity (Wildman–Crippen MR) is 72.1 cm³/mol. The fourth-order valence-electron chi connectivity index (χ4n) is 2.12. The van der Waals surface area contributed by atoms with Crippen molar-refractivity contribution >= 4 is 17.0 Å². The molecule has 2 heterocycles. The summed E-state index contributed by atoms with van der Waals surface area (Å²) in [7, 11) is 0. The lowest BCUT2D eigenvalue weighted by molar-refractivity contribution is 0.212. The van der Waals surface area contributed by atoms with E-state index in [2.05, 4.69) is 49.5 Å². The topological polar surface area (TPSA) is 21.3 Å². The highest BCUT2D eigenvalue weighted by Gasteiger charge is 2.22. The number of para-hydroxylation sites is 1. The van der Waals surface area contributed by atoms with Crippen molar-refractivity contribution in [1.82, 2.24) is 0 Å². The number of thiophene rings is 1. The van der Waals surface area contributed by atoms with Gasteiger partial charge in [-0.1, -0.05) is 12.1 Å². The van der Waals surface area contributed by atoms with Crippen LogP contribution >= 0.6 is 11.3 Å². The second-order valence-electron chi connectivity index (χ2n) is 4.39. The third-order valence-electron chi connectivity index (χ3n) is 3.03. The van der Waals surface area contributed by atoms with Gasteiger partial charge in [0.05, 0.1) is 12.2 Å². The molecular weight excluding hydrogens is 230 g/mol. The van der Waals surface area contributed by atoms with E-state index in [0.29, 0.717) is 0 Å². The third kappa shape index (κ3) is 1.91. The molecule has 17 heavy (non-hydrogen) atoms. The van der Waals surface area contributed by atoms with Gasteiger partial charge in [0, 0.05) is 9.75 Å². The Hall–Kier alpha value is -1.48. The van der Waals surface area contributed by atoms with Crippen molar-refractivity contribution in [2.75, 3.05) is 11.9 Å². The van der Waals surface area contributed by atoms with Crippen molar-refractivity contribution in [1.29, 1.82) is 0 Å². The third-order valence-corrected chi connectivity index (χ3v) is 4.12. The molecule has 1 atom stereocenters. The number of hydrogen-bond acceptors (Lipinski definition) is 3. The van der Waals surface area contributed by atoms with Gasteiger partial charge in [0.25, 0.3) is 0 Å². The molecule has 1 aromatic heterocycles. The zero-order valence-electron chi connectivity index (χ0n) is 9.99. The van der Waals surface area contributed by atoms with Gasteiger partial charge >= 0.3 is 0 Å². The molecule has 0 bridgehead atoms. The molecule has 1 unspecified atom stereocenters. The van der Waals surface area contributed by atoms with Crippen LogP contribution in [0.15, 0.2) is 30.3 Å². The molecule has 2 nitrogen and oxygen atoms in total. The average Bonchev–Trinajstić information content (AvgIpc) is 2.76. The first-order chi connectivity index (χ1) is 8.24. The van der Waals surface area contributed by atoms with Crippen LogP contribution in [0.1, 0.15) is 21.4 Å². The molecule has 0 aliphatic carbocycles. The maximum Gasteiger partial charge on any atom is 0.150 e. The molecule has 0 saturated heterocycles. The molecule has 0 fully saturated rings. The average molecular weight is 245 g/mol. The van der Waals surface area contributed by atoms with Gasteiger partial charge in [0.15, 0.2) is 6.10 Å². The summed E-state index contributed by atoms with van der Waals surface area (Å²) in [5, 5.41) is 3.44. The molecule has 0 saturated carbocycles. The van der Waals surface area contributed by atoms with Crippen molar-refractivity contribution in [2.45, 2.75) is 20.0 Å². The molecule has 3 rings (SSSR count). The normalized spacial score (nSPS) is 18.1. The Morgan fingerprint density at radius 2 is 2.12 bits per heavy atom. The highest BCUT2D eigenvalue weighted by molar-refractivity contribution is 7.12. The van der Waals surface area contributed by atoms with E-state index in [1.165, 1.54) is 15.3 Å². The minimum absolute atomic E-state index is 0.141. The van der Waals surface area contributed by atoms with E-state index in [1.807, 2.05) is 11.3 Å². The number of anilines is 1. The molecule has 88 valence electrons. The van der Waals surface area contributed by atoms with Gasteiger partial charge in [0.2, 0.25) is 0 Å². The van der Waals surface area contributed by atoms with Gasteiger partial charge in [-0.05, 0) is 37.6 Å². The van der Waals surface area contributed by atoms with Gasteiger partial charge in [-0.2, -0.15) is 0 Å². The lowest BCUT2D eigenvalue weighted by atomic mass is 10.1. The number of fused-ring (bicyclic) bond motifs is 1. The molecule has 0 spiro atoms. The molecular formula is C14H15NOS. The van der Waals surface area contributed by atoms with Crippen molar-refractivity contribution in [3.63, 3.8) is 0 Å². The van der Waals surface area contributed by atoms with E-state index >= 15 is 0 Å². The zero-order valence-corrected chi connectivity index (χ0v) is 10.8. The molecule has 1 aliphatic rings. The summed E-state index contributed by atoms with van der Waals surface area (Å²) in [6, 6.07) is 10.5. The fraction of sp³-hybridized carbons (Fsp3) is 0.286. The summed E-state index contributed by atoms with van der Waals surface area (Å²) in [6.07, 6.45) is 0.141. The summed E-state index contributed by atoms with van der Waals surface area (Å²) in [5.74, 6) is 0.995. The monoisotopic (exact) mass is 245 g/mol. The number of hydrogen-bond donors (Lipinski definition) is 1. The molecule has 1 N–H and O–H groups in total. The minimum atomic E-state index is 0.141. The van der Waals surface area contributed by atoms with Crippen LogP contribution in [-0.2, 0) is 0 Å². The van der Waals surface area contributed by atoms with E-state index in [1.54, 1.807) is 0 Å². The van der Waals surface area contributed by atoms with Crippen LogP contribution in [0, 0.1) is 13.8 Å². The summed E-state index contributed by atoms with van der Waals surface area (Å²) in [5.41, 5.74) is 2.29. The number of rotatable bonds is 1. The van der Waals surface area contributed by atoms with Crippen molar-refractivity contribution in [2.24, 2.45) is 0 Å². The Labute approximate surface area is 105 Å². The summed E-state index contributed by atoms with van der Waals surface area (Å²) in [4.78, 5) is 2.63. The second-order valence-corrected chi connectivity index (χ2v) is 5.71. The second kappa shape index (κ2) is 4.08. The van der Waals surface area contributed by atoms with Crippen LogP contribution in [-0.4, -0.2) is 6.54 Å². The smallest absolute Gasteiger partial charge is 0.150 e. The first-order valence-electron chi connectivity index (χ1n) is 5.80. The van der Waals surface area contributed by atoms with E-state index in [9.17, 15) is 0 Å². The SMILES string of the molecule is Cc1ccc(C2CNc3cccc(C)c3O2)s1. The minimum Gasteiger partial charge on any atom is -0.481 e. The Balaban J connectivity index is 1.92. The molecule has 1 aliphatic heterocycles. The van der Waals surface area contributed by atoms with E-state index in [4.69, 9.17) is 4.74 Å². The Kier molecular flexibility index (Phi) is 2.56. The summed E-state index contributed by atoms with van der Waals surface area (Å²) in [6.45, 7) is 5.06. The molecule has 2 aromatic rings. The Morgan fingerprint density at radius 3 is 2.88 bits per heavy atom. The van der Waals surface area contributed by atoms with Crippen LogP contribution in [0.5, 0.6) is 5.75 Å². The van der Waals surface area contributed by atoms with Gasteiger partial charge in [-0.15, -0.1) is 11.3 Å². The quantitative estimate of drug-likeness (QED) is 0.822. The van der Waals surface area contributed by atoms with Crippen LogP contribution in [0.4, 0.5) is 5.69 Å². The zero-order chi connectivity index (χ0) is 11.8. The Morgan fingerprint density at radius 1 is 1.24 bits per heavy atom. The van der Waals surface area contributed by atoms with Gasteiger partial charge in [0.1, 0.15) is 5.75 Å². The molecule has 3 heteroatoms. The largest absolute Gasteiger partial charge is 0.481 e. The molecule has 0 radical (unpaired) electrons. The lowest BCUT2D eigenvalue weighted by Crippen LogP contribution is -2.23. The van der Waals surface area contributed by atoms with Crippen LogP contribution < -0.4 is 10.1 Å². The van der Waals surface area contributed by atoms with Crippen molar-refractivity contribution in [3.8, 4) is 5.75 Å². The van der Waals surface area contributed by atoms with E-state index in [0.717, 1.165) is 18.0 Å². The predicted octanol–water partition coefficient (Wildman–Crippen LogP) is 3.91. The summed E-state index contributed by atoms with van der Waals surface area (Å²) < 4.78 is 6.11. The van der Waals surface area contributed by atoms with Gasteiger partial charge in [-0.3, -0.25) is 0 Å². The van der Waals surface area contributed by atoms with Crippen molar-refractivity contribution < 1.29 is 4.74 Å². The maximum absolute atomic E-state index is 6.11. The van der Waals surface area contributed by atoms with Gasteiger partial charge in [-0.25, -0.2) is 0 Å². The van der Waals surface area contributed by atoms with E-state index < -0.39 is 0 Å². The first-order valence-corrected chi connectivity index (χ1v) is 6.62. The lowest BCUT2D eigenvalue weighted by Gasteiger charge is -2.27. The fourth-order valence-corrected chi connectivity index (χ4v) is 3.03.